The number of benzene rings is 1. The molecule has 22 heavy (non-hydrogen) atoms. The number of ether oxygens (including phenoxy) is 1. The highest BCUT2D eigenvalue weighted by Gasteiger charge is 2.17. The van der Waals surface area contributed by atoms with Crippen molar-refractivity contribution in [2.45, 2.75) is 20.3 Å². The van der Waals surface area contributed by atoms with E-state index in [1.54, 1.807) is 12.1 Å². The van der Waals surface area contributed by atoms with Crippen molar-refractivity contribution >= 4 is 21.6 Å². The van der Waals surface area contributed by atoms with Crippen LogP contribution >= 0.6 is 0 Å². The van der Waals surface area contributed by atoms with Gasteiger partial charge in [0, 0.05) is 13.6 Å². The summed E-state index contributed by atoms with van der Waals surface area (Å²) >= 11 is 0. The van der Waals surface area contributed by atoms with Gasteiger partial charge in [-0.1, -0.05) is 13.8 Å². The lowest BCUT2D eigenvalue weighted by Gasteiger charge is -2.18. The quantitative estimate of drug-likeness (QED) is 0.829. The predicted molar refractivity (Wildman–Crippen MR) is 88.0 cm³/mol. The summed E-state index contributed by atoms with van der Waals surface area (Å²) in [4.78, 5) is 12.3. The van der Waals surface area contributed by atoms with Gasteiger partial charge >= 0.3 is 0 Å². The molecule has 0 unspecified atom stereocenters. The molecule has 0 aromatic heterocycles. The fourth-order valence-corrected chi connectivity index (χ4v) is 2.33. The Labute approximate surface area is 132 Å². The molecule has 0 heterocycles. The Bertz CT molecular complexity index is 626. The monoisotopic (exact) mass is 328 g/mol. The molecule has 1 amide bonds. The van der Waals surface area contributed by atoms with Crippen LogP contribution in [0.1, 0.15) is 30.6 Å². The average molecular weight is 328 g/mol. The highest BCUT2D eigenvalue weighted by molar-refractivity contribution is 7.92. The smallest absolute Gasteiger partial charge is 0.255 e. The molecule has 0 saturated heterocycles. The van der Waals surface area contributed by atoms with Crippen LogP contribution < -0.4 is 14.4 Å². The van der Waals surface area contributed by atoms with E-state index in [4.69, 9.17) is 4.74 Å². The molecule has 1 rings (SSSR count). The second-order valence-corrected chi connectivity index (χ2v) is 7.57. The molecule has 7 heteroatoms. The summed E-state index contributed by atoms with van der Waals surface area (Å²) in [6, 6.07) is 4.71. The second kappa shape index (κ2) is 7.49. The molecule has 124 valence electrons. The summed E-state index contributed by atoms with van der Waals surface area (Å²) in [5.41, 5.74) is 0.733. The summed E-state index contributed by atoms with van der Waals surface area (Å²) in [7, 11) is -0.471. The maximum absolute atomic E-state index is 12.3. The van der Waals surface area contributed by atoms with Gasteiger partial charge in [0.15, 0.2) is 0 Å². The van der Waals surface area contributed by atoms with E-state index in [-0.39, 0.29) is 5.91 Å². The predicted octanol–water partition coefficient (Wildman–Crippen LogP) is 1.87. The molecule has 0 aliphatic carbocycles. The van der Waals surface area contributed by atoms with Gasteiger partial charge in [-0.15, -0.1) is 0 Å². The Hall–Kier alpha value is -1.76. The highest BCUT2D eigenvalue weighted by atomic mass is 32.2. The lowest BCUT2D eigenvalue weighted by Crippen LogP contribution is -2.27. The summed E-state index contributed by atoms with van der Waals surface area (Å²) in [5.74, 6) is 0.624. The zero-order valence-electron chi connectivity index (χ0n) is 13.7. The molecular formula is C15H24N2O4S. The third kappa shape index (κ3) is 4.91. The average Bonchev–Trinajstić information content (AvgIpc) is 2.44. The van der Waals surface area contributed by atoms with Gasteiger partial charge < -0.3 is 10.1 Å². The number of amides is 1. The molecule has 1 aromatic rings. The van der Waals surface area contributed by atoms with Crippen LogP contribution in [-0.2, 0) is 10.0 Å². The minimum Gasteiger partial charge on any atom is -0.496 e. The minimum atomic E-state index is -3.39. The highest BCUT2D eigenvalue weighted by Crippen LogP contribution is 2.25. The number of anilines is 1. The van der Waals surface area contributed by atoms with Gasteiger partial charge in [-0.2, -0.15) is 0 Å². The number of sulfonamides is 1. The van der Waals surface area contributed by atoms with Crippen molar-refractivity contribution in [1.29, 1.82) is 0 Å². The summed E-state index contributed by atoms with van der Waals surface area (Å²) < 4.78 is 29.5. The second-order valence-electron chi connectivity index (χ2n) is 5.55. The van der Waals surface area contributed by atoms with E-state index >= 15 is 0 Å². The Morgan fingerprint density at radius 2 is 2.00 bits per heavy atom. The van der Waals surface area contributed by atoms with E-state index in [1.165, 1.54) is 20.2 Å². The van der Waals surface area contributed by atoms with E-state index in [0.717, 1.165) is 17.0 Å². The summed E-state index contributed by atoms with van der Waals surface area (Å²) in [6.45, 7) is 4.72. The van der Waals surface area contributed by atoms with Gasteiger partial charge in [0.25, 0.3) is 5.91 Å². The Balaban J connectivity index is 3.03. The van der Waals surface area contributed by atoms with E-state index in [1.807, 2.05) is 0 Å². The van der Waals surface area contributed by atoms with E-state index in [9.17, 15) is 13.2 Å². The van der Waals surface area contributed by atoms with Crippen molar-refractivity contribution in [2.75, 3.05) is 31.3 Å². The van der Waals surface area contributed by atoms with Crippen molar-refractivity contribution in [3.8, 4) is 5.75 Å². The number of rotatable bonds is 7. The Morgan fingerprint density at radius 3 is 2.50 bits per heavy atom. The van der Waals surface area contributed by atoms with Crippen molar-refractivity contribution < 1.29 is 17.9 Å². The van der Waals surface area contributed by atoms with Crippen molar-refractivity contribution in [3.63, 3.8) is 0 Å². The van der Waals surface area contributed by atoms with Gasteiger partial charge in [-0.3, -0.25) is 9.10 Å². The van der Waals surface area contributed by atoms with Crippen LogP contribution in [0, 0.1) is 5.92 Å². The minimum absolute atomic E-state index is 0.277. The molecule has 0 atom stereocenters. The maximum Gasteiger partial charge on any atom is 0.255 e. The number of methoxy groups -OCH3 is 1. The van der Waals surface area contributed by atoms with Gasteiger partial charge in [0.05, 0.1) is 24.6 Å². The first-order valence-corrected chi connectivity index (χ1v) is 8.91. The lowest BCUT2D eigenvalue weighted by molar-refractivity contribution is 0.0949. The fourth-order valence-electron chi connectivity index (χ4n) is 1.83. The number of carbonyl (C=O) groups is 1. The molecule has 0 bridgehead atoms. The first kappa shape index (κ1) is 18.3. The van der Waals surface area contributed by atoms with Gasteiger partial charge in [0.2, 0.25) is 10.0 Å². The van der Waals surface area contributed by atoms with Crippen LogP contribution in [0.3, 0.4) is 0 Å². The van der Waals surface area contributed by atoms with Crippen LogP contribution in [-0.4, -0.2) is 41.3 Å². The molecule has 0 saturated carbocycles. The Morgan fingerprint density at radius 1 is 1.36 bits per heavy atom. The van der Waals surface area contributed by atoms with Crippen LogP contribution in [0.2, 0.25) is 0 Å². The van der Waals surface area contributed by atoms with Gasteiger partial charge in [-0.05, 0) is 30.5 Å². The molecular weight excluding hydrogens is 304 g/mol. The fraction of sp³-hybridized carbons (Fsp3) is 0.533. The number of hydrogen-bond acceptors (Lipinski definition) is 4. The van der Waals surface area contributed by atoms with Crippen LogP contribution in [0.25, 0.3) is 0 Å². The normalized spacial score (nSPS) is 11.4. The third-order valence-electron chi connectivity index (χ3n) is 3.30. The van der Waals surface area contributed by atoms with Crippen molar-refractivity contribution in [1.82, 2.24) is 5.32 Å². The number of nitrogens with one attached hydrogen (secondary N) is 1. The SMILES string of the molecule is COc1ccc(N(C)S(C)(=O)=O)cc1C(=O)NCCC(C)C. The molecule has 0 fully saturated rings. The number of carbonyl (C=O) groups excluding carboxylic acids is 1. The van der Waals surface area contributed by atoms with Crippen LogP contribution in [0.4, 0.5) is 5.69 Å². The van der Waals surface area contributed by atoms with Crippen molar-refractivity contribution in [3.05, 3.63) is 23.8 Å². The first-order valence-electron chi connectivity index (χ1n) is 7.07. The number of hydrogen-bond donors (Lipinski definition) is 1. The van der Waals surface area contributed by atoms with Crippen LogP contribution in [0.5, 0.6) is 5.75 Å². The number of nitrogens with zero attached hydrogens (tertiary/aromatic N) is 1. The molecule has 0 aliphatic heterocycles. The standard InChI is InChI=1S/C15H24N2O4S/c1-11(2)8-9-16-15(18)13-10-12(6-7-14(13)21-4)17(3)22(5,19)20/h6-7,10-11H,8-9H2,1-5H3,(H,16,18). The lowest BCUT2D eigenvalue weighted by atomic mass is 10.1. The molecule has 0 spiro atoms. The largest absolute Gasteiger partial charge is 0.496 e. The van der Waals surface area contributed by atoms with Gasteiger partial charge in [-0.25, -0.2) is 8.42 Å². The van der Waals surface area contributed by atoms with Crippen LogP contribution in [0.15, 0.2) is 18.2 Å². The van der Waals surface area contributed by atoms with Crippen molar-refractivity contribution in [2.24, 2.45) is 5.92 Å². The maximum atomic E-state index is 12.3. The summed E-state index contributed by atoms with van der Waals surface area (Å²) in [5, 5.41) is 2.82. The van der Waals surface area contributed by atoms with E-state index in [0.29, 0.717) is 29.5 Å². The Kier molecular flexibility index (Phi) is 6.22. The molecule has 0 aliphatic rings. The molecule has 6 nitrogen and oxygen atoms in total. The topological polar surface area (TPSA) is 75.7 Å². The third-order valence-corrected chi connectivity index (χ3v) is 4.50. The molecule has 1 aromatic carbocycles. The van der Waals surface area contributed by atoms with Gasteiger partial charge in [0.1, 0.15) is 5.75 Å². The molecule has 0 radical (unpaired) electrons. The van der Waals surface area contributed by atoms with E-state index in [2.05, 4.69) is 19.2 Å². The zero-order valence-corrected chi connectivity index (χ0v) is 14.5. The zero-order chi connectivity index (χ0) is 16.9. The first-order chi connectivity index (χ1) is 10.2. The molecule has 1 N–H and O–H groups in total. The van der Waals surface area contributed by atoms with E-state index < -0.39 is 10.0 Å². The summed E-state index contributed by atoms with van der Waals surface area (Å²) in [6.07, 6.45) is 1.98.